The zero-order valence-corrected chi connectivity index (χ0v) is 11.8. The van der Waals surface area contributed by atoms with Crippen molar-refractivity contribution in [3.63, 3.8) is 0 Å². The first kappa shape index (κ1) is 13.4. The molecular formula is C14H24N2O2. The van der Waals surface area contributed by atoms with E-state index < -0.39 is 0 Å². The zero-order valence-electron chi connectivity index (χ0n) is 11.8. The van der Waals surface area contributed by atoms with Gasteiger partial charge in [0, 0.05) is 17.9 Å². The highest BCUT2D eigenvalue weighted by Crippen LogP contribution is 2.48. The van der Waals surface area contributed by atoms with E-state index in [2.05, 4.69) is 32.8 Å². The lowest BCUT2D eigenvalue weighted by Gasteiger charge is -2.52. The molecule has 2 unspecified atom stereocenters. The lowest BCUT2D eigenvalue weighted by Crippen LogP contribution is -2.59. The van der Waals surface area contributed by atoms with Crippen molar-refractivity contribution in [2.45, 2.75) is 65.2 Å². The van der Waals surface area contributed by atoms with Gasteiger partial charge in [-0.1, -0.05) is 13.8 Å². The molecule has 1 heterocycles. The summed E-state index contributed by atoms with van der Waals surface area (Å²) in [7, 11) is 0. The minimum absolute atomic E-state index is 0.0695. The molecule has 0 saturated heterocycles. The molecule has 1 aromatic rings. The first-order valence-electron chi connectivity index (χ1n) is 6.92. The summed E-state index contributed by atoms with van der Waals surface area (Å²) >= 11 is 0. The molecule has 102 valence electrons. The van der Waals surface area contributed by atoms with Gasteiger partial charge in [0.25, 0.3) is 0 Å². The van der Waals surface area contributed by atoms with Crippen LogP contribution in [0.2, 0.25) is 0 Å². The average Bonchev–Trinajstić information content (AvgIpc) is 2.79. The highest BCUT2D eigenvalue weighted by atomic mass is 16.5. The number of hydrogen-bond acceptors (Lipinski definition) is 3. The highest BCUT2D eigenvalue weighted by molar-refractivity contribution is 5.16. The summed E-state index contributed by atoms with van der Waals surface area (Å²) in [5, 5.41) is 14.3. The highest BCUT2D eigenvalue weighted by Gasteiger charge is 2.53. The van der Waals surface area contributed by atoms with Gasteiger partial charge < -0.3 is 9.84 Å². The number of nitrogens with zero attached hydrogens (tertiary/aromatic N) is 2. The molecule has 2 rings (SSSR count). The van der Waals surface area contributed by atoms with Crippen LogP contribution in [0.5, 0.6) is 5.75 Å². The van der Waals surface area contributed by atoms with Crippen molar-refractivity contribution in [3.8, 4) is 5.75 Å². The fourth-order valence-electron chi connectivity index (χ4n) is 2.90. The molecule has 0 aliphatic heterocycles. The number of ether oxygens (including phenoxy) is 1. The SMILES string of the molecule is CCC1(CC)C(O)CC1Oc1cnn(C(C)C)c1. The quantitative estimate of drug-likeness (QED) is 0.876. The Morgan fingerprint density at radius 2 is 2.17 bits per heavy atom. The Kier molecular flexibility index (Phi) is 3.66. The zero-order chi connectivity index (χ0) is 13.3. The van der Waals surface area contributed by atoms with Gasteiger partial charge in [0.05, 0.1) is 18.5 Å². The summed E-state index contributed by atoms with van der Waals surface area (Å²) in [6.07, 6.45) is 6.23. The second-order valence-corrected chi connectivity index (χ2v) is 5.55. The second kappa shape index (κ2) is 4.92. The molecule has 1 aliphatic carbocycles. The van der Waals surface area contributed by atoms with Crippen LogP contribution in [0.3, 0.4) is 0 Å². The van der Waals surface area contributed by atoms with Crippen molar-refractivity contribution >= 4 is 0 Å². The molecule has 18 heavy (non-hydrogen) atoms. The third kappa shape index (κ3) is 2.03. The third-order valence-electron chi connectivity index (χ3n) is 4.44. The molecule has 1 saturated carbocycles. The monoisotopic (exact) mass is 252 g/mol. The van der Waals surface area contributed by atoms with E-state index in [9.17, 15) is 5.11 Å². The van der Waals surface area contributed by atoms with Crippen molar-refractivity contribution in [1.82, 2.24) is 9.78 Å². The summed E-state index contributed by atoms with van der Waals surface area (Å²) in [5.41, 5.74) is -0.0695. The van der Waals surface area contributed by atoms with Crippen molar-refractivity contribution in [2.75, 3.05) is 0 Å². The molecule has 2 atom stereocenters. The minimum Gasteiger partial charge on any atom is -0.486 e. The van der Waals surface area contributed by atoms with Crippen molar-refractivity contribution in [1.29, 1.82) is 0 Å². The largest absolute Gasteiger partial charge is 0.486 e. The molecule has 0 radical (unpaired) electrons. The molecule has 0 spiro atoms. The number of aliphatic hydroxyl groups excluding tert-OH is 1. The second-order valence-electron chi connectivity index (χ2n) is 5.55. The molecule has 4 nitrogen and oxygen atoms in total. The number of aliphatic hydroxyl groups is 1. The lowest BCUT2D eigenvalue weighted by atomic mass is 9.60. The lowest BCUT2D eigenvalue weighted by molar-refractivity contribution is -0.159. The van der Waals surface area contributed by atoms with Gasteiger partial charge in [-0.3, -0.25) is 4.68 Å². The Morgan fingerprint density at radius 3 is 2.61 bits per heavy atom. The summed E-state index contributed by atoms with van der Waals surface area (Å²) < 4.78 is 7.90. The van der Waals surface area contributed by atoms with Crippen LogP contribution in [0.15, 0.2) is 12.4 Å². The van der Waals surface area contributed by atoms with Gasteiger partial charge in [-0.2, -0.15) is 5.10 Å². The Hall–Kier alpha value is -1.03. The molecule has 1 fully saturated rings. The fourth-order valence-corrected chi connectivity index (χ4v) is 2.90. The molecule has 1 N–H and O–H groups in total. The van der Waals surface area contributed by atoms with Crippen molar-refractivity contribution in [2.24, 2.45) is 5.41 Å². The van der Waals surface area contributed by atoms with E-state index in [4.69, 9.17) is 4.74 Å². The van der Waals surface area contributed by atoms with Crippen LogP contribution in [0.25, 0.3) is 0 Å². The smallest absolute Gasteiger partial charge is 0.157 e. The van der Waals surface area contributed by atoms with E-state index >= 15 is 0 Å². The molecule has 0 bridgehead atoms. The van der Waals surface area contributed by atoms with Crippen LogP contribution in [-0.2, 0) is 0 Å². The molecule has 1 aliphatic rings. The molecule has 4 heteroatoms. The van der Waals surface area contributed by atoms with Gasteiger partial charge in [0.15, 0.2) is 5.75 Å². The summed E-state index contributed by atoms with van der Waals surface area (Å²) in [4.78, 5) is 0. The van der Waals surface area contributed by atoms with Gasteiger partial charge in [0.2, 0.25) is 0 Å². The fraction of sp³-hybridized carbons (Fsp3) is 0.786. The van der Waals surface area contributed by atoms with E-state index in [0.29, 0.717) is 6.04 Å². The topological polar surface area (TPSA) is 47.3 Å². The predicted molar refractivity (Wildman–Crippen MR) is 70.7 cm³/mol. The molecule has 0 amide bonds. The van der Waals surface area contributed by atoms with Crippen LogP contribution in [0.4, 0.5) is 0 Å². The van der Waals surface area contributed by atoms with Gasteiger partial charge in [-0.25, -0.2) is 0 Å². The van der Waals surface area contributed by atoms with E-state index in [0.717, 1.165) is 25.0 Å². The summed E-state index contributed by atoms with van der Waals surface area (Å²) in [5.74, 6) is 0.812. The van der Waals surface area contributed by atoms with Crippen LogP contribution in [-0.4, -0.2) is 27.1 Å². The number of hydrogen-bond donors (Lipinski definition) is 1. The van der Waals surface area contributed by atoms with E-state index in [1.165, 1.54) is 0 Å². The standard InChI is InChI=1S/C14H24N2O2/c1-5-14(6-2)12(17)7-13(14)18-11-8-15-16(9-11)10(3)4/h8-10,12-13,17H,5-7H2,1-4H3. The van der Waals surface area contributed by atoms with Crippen LogP contribution >= 0.6 is 0 Å². The third-order valence-corrected chi connectivity index (χ3v) is 4.44. The Bertz CT molecular complexity index is 396. The van der Waals surface area contributed by atoms with E-state index in [-0.39, 0.29) is 17.6 Å². The van der Waals surface area contributed by atoms with E-state index in [1.54, 1.807) is 6.20 Å². The normalized spacial score (nSPS) is 26.1. The van der Waals surface area contributed by atoms with Gasteiger partial charge >= 0.3 is 0 Å². The van der Waals surface area contributed by atoms with Gasteiger partial charge in [-0.05, 0) is 26.7 Å². The van der Waals surface area contributed by atoms with Gasteiger partial charge in [0.1, 0.15) is 6.10 Å². The maximum absolute atomic E-state index is 10.00. The van der Waals surface area contributed by atoms with Crippen LogP contribution in [0.1, 0.15) is 53.0 Å². The van der Waals surface area contributed by atoms with Crippen molar-refractivity contribution < 1.29 is 9.84 Å². The number of rotatable bonds is 5. The van der Waals surface area contributed by atoms with Crippen molar-refractivity contribution in [3.05, 3.63) is 12.4 Å². The van der Waals surface area contributed by atoms with E-state index in [1.807, 2.05) is 10.9 Å². The summed E-state index contributed by atoms with van der Waals surface area (Å²) in [6.45, 7) is 8.43. The number of aromatic nitrogens is 2. The summed E-state index contributed by atoms with van der Waals surface area (Å²) in [6, 6.07) is 0.344. The molecule has 0 aromatic carbocycles. The van der Waals surface area contributed by atoms with Crippen LogP contribution in [0, 0.1) is 5.41 Å². The molecular weight excluding hydrogens is 228 g/mol. The predicted octanol–water partition coefficient (Wildman–Crippen LogP) is 2.78. The average molecular weight is 252 g/mol. The molecule has 1 aromatic heterocycles. The van der Waals surface area contributed by atoms with Gasteiger partial charge in [-0.15, -0.1) is 0 Å². The van der Waals surface area contributed by atoms with Crippen LogP contribution < -0.4 is 4.74 Å². The Balaban J connectivity index is 2.05. The maximum Gasteiger partial charge on any atom is 0.157 e. The Labute approximate surface area is 109 Å². The first-order valence-corrected chi connectivity index (χ1v) is 6.92. The Morgan fingerprint density at radius 1 is 1.50 bits per heavy atom. The first-order chi connectivity index (χ1) is 8.53. The minimum atomic E-state index is -0.224. The maximum atomic E-state index is 10.00.